The zero-order valence-electron chi connectivity index (χ0n) is 17.9. The van der Waals surface area contributed by atoms with Crippen LogP contribution < -0.4 is 26.4 Å². The zero-order valence-corrected chi connectivity index (χ0v) is 17.9. The molecule has 0 aromatic heterocycles. The molecule has 8 nitrogen and oxygen atoms in total. The molecule has 0 aliphatic carbocycles. The number of primary amides is 1. The molecule has 2 aliphatic heterocycles. The van der Waals surface area contributed by atoms with E-state index in [2.05, 4.69) is 20.9 Å². The van der Waals surface area contributed by atoms with Gasteiger partial charge < -0.3 is 31.3 Å². The number of carbonyl (C=O) groups excluding carboxylic acids is 2. The quantitative estimate of drug-likeness (QED) is 0.480. The van der Waals surface area contributed by atoms with Gasteiger partial charge in [-0.15, -0.1) is 0 Å². The SMILES string of the molecule is COc1ccc(C(=O)NC2CCCN(CC3CCNCC3)C2)cc1NCCC(N)=O. The van der Waals surface area contributed by atoms with Gasteiger partial charge in [0.2, 0.25) is 5.91 Å². The van der Waals surface area contributed by atoms with Crippen LogP contribution >= 0.6 is 0 Å². The fourth-order valence-electron chi connectivity index (χ4n) is 4.35. The average Bonchev–Trinajstić information content (AvgIpc) is 2.74. The van der Waals surface area contributed by atoms with Crippen molar-refractivity contribution in [3.8, 4) is 5.75 Å². The molecule has 2 saturated heterocycles. The molecule has 30 heavy (non-hydrogen) atoms. The maximum atomic E-state index is 12.9. The van der Waals surface area contributed by atoms with Gasteiger partial charge in [-0.3, -0.25) is 9.59 Å². The van der Waals surface area contributed by atoms with Crippen LogP contribution in [-0.2, 0) is 4.79 Å². The van der Waals surface area contributed by atoms with E-state index in [-0.39, 0.29) is 24.3 Å². The van der Waals surface area contributed by atoms with E-state index >= 15 is 0 Å². The van der Waals surface area contributed by atoms with Gasteiger partial charge in [0.1, 0.15) is 5.75 Å². The molecule has 0 radical (unpaired) electrons. The molecular weight excluding hydrogens is 382 g/mol. The maximum Gasteiger partial charge on any atom is 0.251 e. The predicted octanol–water partition coefficient (Wildman–Crippen LogP) is 1.18. The van der Waals surface area contributed by atoms with Gasteiger partial charge in [0.25, 0.3) is 5.91 Å². The van der Waals surface area contributed by atoms with E-state index in [1.807, 2.05) is 0 Å². The first-order chi connectivity index (χ1) is 14.5. The second kappa shape index (κ2) is 11.2. The summed E-state index contributed by atoms with van der Waals surface area (Å²) in [6, 6.07) is 5.47. The third kappa shape index (κ3) is 6.60. The van der Waals surface area contributed by atoms with E-state index in [0.29, 0.717) is 23.5 Å². The lowest BCUT2D eigenvalue weighted by Crippen LogP contribution is -2.49. The molecule has 0 bridgehead atoms. The summed E-state index contributed by atoms with van der Waals surface area (Å²) in [5.74, 6) is 0.934. The lowest BCUT2D eigenvalue weighted by Gasteiger charge is -2.36. The summed E-state index contributed by atoms with van der Waals surface area (Å²) in [4.78, 5) is 26.3. The predicted molar refractivity (Wildman–Crippen MR) is 118 cm³/mol. The van der Waals surface area contributed by atoms with Gasteiger partial charge in [0.15, 0.2) is 0 Å². The zero-order chi connectivity index (χ0) is 21.3. The van der Waals surface area contributed by atoms with Gasteiger partial charge in [-0.2, -0.15) is 0 Å². The third-order valence-electron chi connectivity index (χ3n) is 5.96. The number of amides is 2. The first-order valence-electron chi connectivity index (χ1n) is 11.0. The average molecular weight is 418 g/mol. The van der Waals surface area contributed by atoms with Crippen molar-refractivity contribution < 1.29 is 14.3 Å². The van der Waals surface area contributed by atoms with Crippen molar-refractivity contribution in [3.05, 3.63) is 23.8 Å². The van der Waals surface area contributed by atoms with Gasteiger partial charge in [-0.25, -0.2) is 0 Å². The van der Waals surface area contributed by atoms with Crippen LogP contribution in [-0.4, -0.2) is 69.1 Å². The lowest BCUT2D eigenvalue weighted by atomic mass is 9.96. The summed E-state index contributed by atoms with van der Waals surface area (Å²) in [6.07, 6.45) is 4.82. The summed E-state index contributed by atoms with van der Waals surface area (Å²) in [6.45, 7) is 5.79. The Labute approximate surface area is 178 Å². The van der Waals surface area contributed by atoms with Crippen LogP contribution in [0.2, 0.25) is 0 Å². The molecule has 2 heterocycles. The van der Waals surface area contributed by atoms with Gasteiger partial charge in [-0.05, 0) is 69.4 Å². The van der Waals surface area contributed by atoms with Crippen molar-refractivity contribution in [1.82, 2.24) is 15.5 Å². The van der Waals surface area contributed by atoms with Crippen LogP contribution in [0, 0.1) is 5.92 Å². The van der Waals surface area contributed by atoms with Crippen molar-refractivity contribution in [2.24, 2.45) is 11.7 Å². The standard InChI is InChI=1S/C22H35N5O3/c1-30-20-5-4-17(13-19(20)25-11-8-21(23)28)22(29)26-18-3-2-12-27(15-18)14-16-6-9-24-10-7-16/h4-5,13,16,18,24-25H,2-3,6-12,14-15H2,1H3,(H2,23,28)(H,26,29). The number of nitrogens with one attached hydrogen (secondary N) is 3. The number of hydrogen-bond acceptors (Lipinski definition) is 6. The minimum absolute atomic E-state index is 0.0793. The van der Waals surface area contributed by atoms with Crippen molar-refractivity contribution >= 4 is 17.5 Å². The highest BCUT2D eigenvalue weighted by Crippen LogP contribution is 2.26. The van der Waals surface area contributed by atoms with Crippen LogP contribution in [0.5, 0.6) is 5.75 Å². The first-order valence-corrected chi connectivity index (χ1v) is 11.0. The first kappa shape index (κ1) is 22.4. The number of benzene rings is 1. The minimum Gasteiger partial charge on any atom is -0.495 e. The molecule has 1 aromatic rings. The summed E-state index contributed by atoms with van der Waals surface area (Å²) >= 11 is 0. The van der Waals surface area contributed by atoms with Crippen LogP contribution in [0.1, 0.15) is 42.5 Å². The number of nitrogens with zero attached hydrogens (tertiary/aromatic N) is 1. The smallest absolute Gasteiger partial charge is 0.251 e. The fourth-order valence-corrected chi connectivity index (χ4v) is 4.35. The van der Waals surface area contributed by atoms with Crippen LogP contribution in [0.15, 0.2) is 18.2 Å². The highest BCUT2D eigenvalue weighted by molar-refractivity contribution is 5.95. The summed E-state index contributed by atoms with van der Waals surface area (Å²) in [5.41, 5.74) is 6.46. The van der Waals surface area contributed by atoms with Crippen molar-refractivity contribution in [2.75, 3.05) is 51.7 Å². The topological polar surface area (TPSA) is 109 Å². The van der Waals surface area contributed by atoms with E-state index in [0.717, 1.165) is 51.5 Å². The number of nitrogens with two attached hydrogens (primary N) is 1. The Bertz CT molecular complexity index is 721. The molecular formula is C22H35N5O3. The van der Waals surface area contributed by atoms with Gasteiger partial charge >= 0.3 is 0 Å². The van der Waals surface area contributed by atoms with Crippen LogP contribution in [0.3, 0.4) is 0 Å². The van der Waals surface area contributed by atoms with E-state index < -0.39 is 0 Å². The molecule has 2 fully saturated rings. The lowest BCUT2D eigenvalue weighted by molar-refractivity contribution is -0.117. The number of hydrogen-bond donors (Lipinski definition) is 4. The molecule has 1 unspecified atom stereocenters. The van der Waals surface area contributed by atoms with Crippen LogP contribution in [0.25, 0.3) is 0 Å². The molecule has 0 spiro atoms. The molecule has 8 heteroatoms. The van der Waals surface area contributed by atoms with Gasteiger partial charge in [0, 0.05) is 37.7 Å². The molecule has 166 valence electrons. The van der Waals surface area contributed by atoms with Crippen molar-refractivity contribution in [2.45, 2.75) is 38.1 Å². The number of methoxy groups -OCH3 is 1. The highest BCUT2D eigenvalue weighted by Gasteiger charge is 2.25. The molecule has 2 aliphatic rings. The van der Waals surface area contributed by atoms with Crippen molar-refractivity contribution in [1.29, 1.82) is 0 Å². The summed E-state index contributed by atoms with van der Waals surface area (Å²) in [5, 5.41) is 9.76. The Hall–Kier alpha value is -2.32. The Balaban J connectivity index is 1.55. The Morgan fingerprint density at radius 2 is 2.07 bits per heavy atom. The van der Waals surface area contributed by atoms with E-state index in [1.165, 1.54) is 12.8 Å². The van der Waals surface area contributed by atoms with Gasteiger partial charge in [-0.1, -0.05) is 0 Å². The summed E-state index contributed by atoms with van der Waals surface area (Å²) < 4.78 is 5.35. The normalized spacial score (nSPS) is 20.5. The maximum absolute atomic E-state index is 12.9. The number of carbonyl (C=O) groups is 2. The van der Waals surface area contributed by atoms with E-state index in [1.54, 1.807) is 25.3 Å². The van der Waals surface area contributed by atoms with Crippen molar-refractivity contribution in [3.63, 3.8) is 0 Å². The molecule has 3 rings (SSSR count). The molecule has 1 atom stereocenters. The molecule has 5 N–H and O–H groups in total. The summed E-state index contributed by atoms with van der Waals surface area (Å²) in [7, 11) is 1.58. The number of anilines is 1. The Morgan fingerprint density at radius 1 is 1.27 bits per heavy atom. The molecule has 0 saturated carbocycles. The Kier molecular flexibility index (Phi) is 8.33. The largest absolute Gasteiger partial charge is 0.495 e. The van der Waals surface area contributed by atoms with Crippen LogP contribution in [0.4, 0.5) is 5.69 Å². The number of ether oxygens (including phenoxy) is 1. The fraction of sp³-hybridized carbons (Fsp3) is 0.636. The third-order valence-corrected chi connectivity index (χ3v) is 5.96. The number of likely N-dealkylation sites (tertiary alicyclic amines) is 1. The highest BCUT2D eigenvalue weighted by atomic mass is 16.5. The second-order valence-corrected chi connectivity index (χ2v) is 8.32. The number of rotatable bonds is 9. The molecule has 2 amide bonds. The van der Waals surface area contributed by atoms with E-state index in [4.69, 9.17) is 10.5 Å². The second-order valence-electron chi connectivity index (χ2n) is 8.32. The number of piperidine rings is 2. The van der Waals surface area contributed by atoms with E-state index in [9.17, 15) is 9.59 Å². The monoisotopic (exact) mass is 417 g/mol. The minimum atomic E-state index is -0.373. The van der Waals surface area contributed by atoms with Gasteiger partial charge in [0.05, 0.1) is 12.8 Å². The Morgan fingerprint density at radius 3 is 2.80 bits per heavy atom. The molecule has 1 aromatic carbocycles.